The first-order valence-corrected chi connectivity index (χ1v) is 7.43. The van der Waals surface area contributed by atoms with Gasteiger partial charge in [0.05, 0.1) is 5.60 Å². The quantitative estimate of drug-likeness (QED) is 0.825. The van der Waals surface area contributed by atoms with Crippen LogP contribution in [0.4, 0.5) is 0 Å². The van der Waals surface area contributed by atoms with Gasteiger partial charge in [0.2, 0.25) is 0 Å². The largest absolute Gasteiger partial charge is 0.385 e. The Morgan fingerprint density at radius 3 is 2.33 bits per heavy atom. The minimum Gasteiger partial charge on any atom is -0.385 e. The van der Waals surface area contributed by atoms with Crippen LogP contribution in [0, 0.1) is 12.8 Å². The molecule has 0 atom stereocenters. The second kappa shape index (κ2) is 5.88. The Labute approximate surface area is 111 Å². The Morgan fingerprint density at radius 2 is 1.78 bits per heavy atom. The number of rotatable bonds is 4. The molecule has 1 aliphatic carbocycles. The summed E-state index contributed by atoms with van der Waals surface area (Å²) in [5, 5.41) is 10.8. The van der Waals surface area contributed by atoms with Crippen LogP contribution in [0.1, 0.15) is 63.0 Å². The molecule has 1 aliphatic rings. The van der Waals surface area contributed by atoms with Crippen molar-refractivity contribution in [3.05, 3.63) is 35.4 Å². The maximum Gasteiger partial charge on any atom is 0.0896 e. The Morgan fingerprint density at radius 1 is 1.17 bits per heavy atom. The molecular formula is C17H26O. The predicted octanol–water partition coefficient (Wildman–Crippen LogP) is 4.56. The molecule has 1 N–H and O–H groups in total. The molecule has 1 heteroatoms. The second-order valence-corrected chi connectivity index (χ2v) is 5.98. The fraction of sp³-hybridized carbons (Fsp3) is 0.647. The lowest BCUT2D eigenvalue weighted by Crippen LogP contribution is -2.31. The molecule has 1 aromatic rings. The number of hydrogen-bond donors (Lipinski definition) is 1. The van der Waals surface area contributed by atoms with Gasteiger partial charge in [-0.1, -0.05) is 56.0 Å². The first-order valence-electron chi connectivity index (χ1n) is 7.43. The van der Waals surface area contributed by atoms with E-state index in [4.69, 9.17) is 0 Å². The van der Waals surface area contributed by atoms with Crippen LogP contribution in [-0.4, -0.2) is 5.11 Å². The maximum atomic E-state index is 10.8. The van der Waals surface area contributed by atoms with E-state index in [9.17, 15) is 5.11 Å². The van der Waals surface area contributed by atoms with Crippen LogP contribution in [0.3, 0.4) is 0 Å². The molecule has 1 aromatic carbocycles. The van der Waals surface area contributed by atoms with Crippen LogP contribution in [0.25, 0.3) is 0 Å². The van der Waals surface area contributed by atoms with Crippen molar-refractivity contribution in [3.63, 3.8) is 0 Å². The van der Waals surface area contributed by atoms with Crippen molar-refractivity contribution < 1.29 is 5.11 Å². The van der Waals surface area contributed by atoms with E-state index >= 15 is 0 Å². The van der Waals surface area contributed by atoms with E-state index in [0.717, 1.165) is 24.3 Å². The van der Waals surface area contributed by atoms with Gasteiger partial charge in [-0.05, 0) is 44.1 Å². The van der Waals surface area contributed by atoms with Crippen LogP contribution in [-0.2, 0) is 5.60 Å². The number of hydrogen-bond acceptors (Lipinski definition) is 1. The van der Waals surface area contributed by atoms with Gasteiger partial charge in [0.25, 0.3) is 0 Å². The van der Waals surface area contributed by atoms with Crippen molar-refractivity contribution in [2.75, 3.05) is 0 Å². The standard InChI is InChI=1S/C17H26O/c1-3-4-5-15-10-12-17(18,13-11-15)16-8-6-14(2)7-9-16/h6-9,15,18H,3-5,10-13H2,1-2H3/t15-,17-. The van der Waals surface area contributed by atoms with E-state index in [-0.39, 0.29) is 0 Å². The van der Waals surface area contributed by atoms with Crippen molar-refractivity contribution in [3.8, 4) is 0 Å². The number of aryl methyl sites for hydroxylation is 1. The van der Waals surface area contributed by atoms with Crippen LogP contribution in [0.15, 0.2) is 24.3 Å². The van der Waals surface area contributed by atoms with E-state index in [2.05, 4.69) is 38.1 Å². The van der Waals surface area contributed by atoms with Crippen LogP contribution in [0.2, 0.25) is 0 Å². The number of unbranched alkanes of at least 4 members (excludes halogenated alkanes) is 1. The Kier molecular flexibility index (Phi) is 4.45. The normalized spacial score (nSPS) is 28.3. The molecule has 0 radical (unpaired) electrons. The molecule has 0 spiro atoms. The van der Waals surface area contributed by atoms with Crippen LogP contribution in [0.5, 0.6) is 0 Å². The minimum absolute atomic E-state index is 0.559. The van der Waals surface area contributed by atoms with Gasteiger partial charge in [0.1, 0.15) is 0 Å². The molecule has 0 aromatic heterocycles. The molecule has 0 amide bonds. The molecular weight excluding hydrogens is 220 g/mol. The highest BCUT2D eigenvalue weighted by molar-refractivity contribution is 5.26. The van der Waals surface area contributed by atoms with Gasteiger partial charge in [0, 0.05) is 0 Å². The lowest BCUT2D eigenvalue weighted by molar-refractivity contribution is -0.0153. The smallest absolute Gasteiger partial charge is 0.0896 e. The van der Waals surface area contributed by atoms with Gasteiger partial charge in [-0.2, -0.15) is 0 Å². The van der Waals surface area contributed by atoms with Gasteiger partial charge >= 0.3 is 0 Å². The minimum atomic E-state index is -0.559. The third-order valence-corrected chi connectivity index (χ3v) is 4.49. The van der Waals surface area contributed by atoms with Crippen molar-refractivity contribution in [2.45, 2.75) is 64.4 Å². The third kappa shape index (κ3) is 3.14. The molecule has 0 bridgehead atoms. The van der Waals surface area contributed by atoms with E-state index in [1.54, 1.807) is 0 Å². The summed E-state index contributed by atoms with van der Waals surface area (Å²) in [5.41, 5.74) is 1.82. The monoisotopic (exact) mass is 246 g/mol. The summed E-state index contributed by atoms with van der Waals surface area (Å²) >= 11 is 0. The molecule has 0 aliphatic heterocycles. The highest BCUT2D eigenvalue weighted by Crippen LogP contribution is 2.40. The Hall–Kier alpha value is -0.820. The zero-order chi connectivity index (χ0) is 13.0. The molecule has 2 rings (SSSR count). The fourth-order valence-electron chi connectivity index (χ4n) is 3.09. The average Bonchev–Trinajstić information content (AvgIpc) is 2.39. The van der Waals surface area contributed by atoms with E-state index in [0.29, 0.717) is 0 Å². The summed E-state index contributed by atoms with van der Waals surface area (Å²) in [7, 11) is 0. The molecule has 18 heavy (non-hydrogen) atoms. The van der Waals surface area contributed by atoms with Crippen molar-refractivity contribution >= 4 is 0 Å². The zero-order valence-electron chi connectivity index (χ0n) is 11.8. The summed E-state index contributed by atoms with van der Waals surface area (Å²) in [6.45, 7) is 4.35. The fourth-order valence-corrected chi connectivity index (χ4v) is 3.09. The number of benzene rings is 1. The summed E-state index contributed by atoms with van der Waals surface area (Å²) < 4.78 is 0. The molecule has 1 nitrogen and oxygen atoms in total. The highest BCUT2D eigenvalue weighted by atomic mass is 16.3. The Balaban J connectivity index is 1.96. The Bertz CT molecular complexity index is 358. The van der Waals surface area contributed by atoms with Crippen molar-refractivity contribution in [1.82, 2.24) is 0 Å². The molecule has 1 saturated carbocycles. The molecule has 0 saturated heterocycles. The molecule has 0 heterocycles. The van der Waals surface area contributed by atoms with Gasteiger partial charge in [-0.15, -0.1) is 0 Å². The summed E-state index contributed by atoms with van der Waals surface area (Å²) in [6, 6.07) is 8.41. The summed E-state index contributed by atoms with van der Waals surface area (Å²) in [4.78, 5) is 0. The van der Waals surface area contributed by atoms with Crippen molar-refractivity contribution in [2.24, 2.45) is 5.92 Å². The van der Waals surface area contributed by atoms with Gasteiger partial charge in [-0.3, -0.25) is 0 Å². The SMILES string of the molecule is CCCC[C@H]1CC[C@@](O)(c2ccc(C)cc2)CC1. The second-order valence-electron chi connectivity index (χ2n) is 5.98. The van der Waals surface area contributed by atoms with Gasteiger partial charge < -0.3 is 5.11 Å². The first-order chi connectivity index (χ1) is 8.64. The lowest BCUT2D eigenvalue weighted by atomic mass is 9.74. The molecule has 100 valence electrons. The van der Waals surface area contributed by atoms with Crippen LogP contribution < -0.4 is 0 Å². The van der Waals surface area contributed by atoms with Gasteiger partial charge in [-0.25, -0.2) is 0 Å². The topological polar surface area (TPSA) is 20.2 Å². The first kappa shape index (κ1) is 13.6. The lowest BCUT2D eigenvalue weighted by Gasteiger charge is -2.36. The molecule has 0 unspecified atom stereocenters. The maximum absolute atomic E-state index is 10.8. The summed E-state index contributed by atoms with van der Waals surface area (Å²) in [5.74, 6) is 0.843. The third-order valence-electron chi connectivity index (χ3n) is 4.49. The van der Waals surface area contributed by atoms with E-state index in [1.807, 2.05) is 0 Å². The molecule has 1 fully saturated rings. The van der Waals surface area contributed by atoms with Crippen LogP contribution >= 0.6 is 0 Å². The van der Waals surface area contributed by atoms with Crippen molar-refractivity contribution in [1.29, 1.82) is 0 Å². The predicted molar refractivity (Wildman–Crippen MR) is 76.6 cm³/mol. The average molecular weight is 246 g/mol. The zero-order valence-corrected chi connectivity index (χ0v) is 11.8. The van der Waals surface area contributed by atoms with Gasteiger partial charge in [0.15, 0.2) is 0 Å². The number of aliphatic hydroxyl groups is 1. The summed E-state index contributed by atoms with van der Waals surface area (Å²) in [6.07, 6.45) is 8.22. The highest BCUT2D eigenvalue weighted by Gasteiger charge is 2.34. The van der Waals surface area contributed by atoms with E-state index in [1.165, 1.54) is 37.7 Å². The van der Waals surface area contributed by atoms with E-state index < -0.39 is 5.60 Å².